The first-order valence-electron chi connectivity index (χ1n) is 9.64. The van der Waals surface area contributed by atoms with Crippen molar-refractivity contribution in [3.63, 3.8) is 0 Å². The fourth-order valence-corrected chi connectivity index (χ4v) is 4.01. The van der Waals surface area contributed by atoms with Crippen molar-refractivity contribution in [1.29, 1.82) is 0 Å². The van der Waals surface area contributed by atoms with E-state index in [1.807, 2.05) is 37.4 Å². The van der Waals surface area contributed by atoms with Crippen molar-refractivity contribution in [2.75, 3.05) is 26.7 Å². The van der Waals surface area contributed by atoms with E-state index in [-0.39, 0.29) is 5.56 Å². The van der Waals surface area contributed by atoms with Gasteiger partial charge in [0.2, 0.25) is 0 Å². The molecule has 3 aromatic rings. The maximum atomic E-state index is 12.7. The van der Waals surface area contributed by atoms with Gasteiger partial charge in [0.05, 0.1) is 12.2 Å². The van der Waals surface area contributed by atoms with E-state index in [9.17, 15) is 4.79 Å². The van der Waals surface area contributed by atoms with Crippen LogP contribution in [0.5, 0.6) is 5.75 Å². The molecular formula is C21H26N4O2. The first kappa shape index (κ1) is 17.8. The zero-order chi connectivity index (χ0) is 18.8. The molecule has 1 unspecified atom stereocenters. The molecular weight excluding hydrogens is 340 g/mol. The number of imidazole rings is 1. The molecule has 142 valence electrons. The van der Waals surface area contributed by atoms with Crippen LogP contribution in [0.25, 0.3) is 22.3 Å². The largest absolute Gasteiger partial charge is 0.494 e. The summed E-state index contributed by atoms with van der Waals surface area (Å²) < 4.78 is 7.71. The van der Waals surface area contributed by atoms with E-state index in [0.717, 1.165) is 35.6 Å². The Morgan fingerprint density at radius 1 is 1.33 bits per heavy atom. The molecule has 2 aromatic heterocycles. The Labute approximate surface area is 158 Å². The van der Waals surface area contributed by atoms with Crippen LogP contribution in [0.4, 0.5) is 0 Å². The number of piperidine rings is 1. The number of hydrogen-bond donors (Lipinski definition) is 1. The van der Waals surface area contributed by atoms with Crippen molar-refractivity contribution in [3.8, 4) is 17.1 Å². The van der Waals surface area contributed by atoms with E-state index < -0.39 is 0 Å². The quantitative estimate of drug-likeness (QED) is 0.754. The van der Waals surface area contributed by atoms with Crippen LogP contribution in [0.15, 0.2) is 41.5 Å². The number of pyridine rings is 1. The van der Waals surface area contributed by atoms with Crippen molar-refractivity contribution in [1.82, 2.24) is 19.4 Å². The number of ether oxygens (including phenoxy) is 1. The Morgan fingerprint density at radius 2 is 2.22 bits per heavy atom. The van der Waals surface area contributed by atoms with Gasteiger partial charge in [-0.1, -0.05) is 0 Å². The van der Waals surface area contributed by atoms with Gasteiger partial charge in [-0.25, -0.2) is 4.98 Å². The summed E-state index contributed by atoms with van der Waals surface area (Å²) >= 11 is 0. The molecule has 0 aliphatic carbocycles. The molecule has 1 fully saturated rings. The predicted octanol–water partition coefficient (Wildman–Crippen LogP) is 3.13. The summed E-state index contributed by atoms with van der Waals surface area (Å²) in [5.41, 5.74) is 1.30. The number of H-pyrrole nitrogens is 1. The van der Waals surface area contributed by atoms with Gasteiger partial charge in [-0.05, 0) is 63.5 Å². The molecule has 4 rings (SSSR count). The van der Waals surface area contributed by atoms with Gasteiger partial charge in [-0.15, -0.1) is 0 Å². The van der Waals surface area contributed by atoms with Crippen molar-refractivity contribution < 1.29 is 4.74 Å². The van der Waals surface area contributed by atoms with E-state index in [0.29, 0.717) is 18.1 Å². The van der Waals surface area contributed by atoms with Gasteiger partial charge in [-0.2, -0.15) is 0 Å². The molecule has 0 saturated carbocycles. The number of aromatic amines is 1. The molecule has 0 spiro atoms. The third kappa shape index (κ3) is 3.76. The van der Waals surface area contributed by atoms with Crippen LogP contribution >= 0.6 is 0 Å². The molecule has 6 nitrogen and oxygen atoms in total. The lowest BCUT2D eigenvalue weighted by molar-refractivity contribution is 0.195. The standard InChI is InChI=1S/C21H26N4O2/c1-3-27-17-6-7-19-16(11-17)12-18(21(26)23-19)20-22-8-10-25(20)14-15-5-4-9-24(2)13-15/h6-8,10-12,15H,3-5,9,13-14H2,1-2H3,(H,23,26). The molecule has 3 heterocycles. The van der Waals surface area contributed by atoms with Gasteiger partial charge in [0, 0.05) is 36.4 Å². The topological polar surface area (TPSA) is 63.2 Å². The Bertz CT molecular complexity index is 991. The van der Waals surface area contributed by atoms with E-state index in [4.69, 9.17) is 4.74 Å². The van der Waals surface area contributed by atoms with Gasteiger partial charge < -0.3 is 19.2 Å². The van der Waals surface area contributed by atoms with Crippen LogP contribution in [0.2, 0.25) is 0 Å². The number of nitrogens with one attached hydrogen (secondary N) is 1. The molecule has 0 radical (unpaired) electrons. The van der Waals surface area contributed by atoms with Crippen molar-refractivity contribution in [2.24, 2.45) is 5.92 Å². The molecule has 6 heteroatoms. The number of benzene rings is 1. The van der Waals surface area contributed by atoms with Gasteiger partial charge in [-0.3, -0.25) is 4.79 Å². The lowest BCUT2D eigenvalue weighted by Crippen LogP contribution is -2.34. The summed E-state index contributed by atoms with van der Waals surface area (Å²) in [6.07, 6.45) is 6.20. The second-order valence-corrected chi connectivity index (χ2v) is 7.37. The molecule has 27 heavy (non-hydrogen) atoms. The van der Waals surface area contributed by atoms with Crippen molar-refractivity contribution >= 4 is 10.9 Å². The maximum Gasteiger partial charge on any atom is 0.259 e. The number of aromatic nitrogens is 3. The zero-order valence-electron chi connectivity index (χ0n) is 15.9. The first-order valence-corrected chi connectivity index (χ1v) is 9.64. The summed E-state index contributed by atoms with van der Waals surface area (Å²) in [4.78, 5) is 22.5. The summed E-state index contributed by atoms with van der Waals surface area (Å²) in [6.45, 7) is 5.71. The van der Waals surface area contributed by atoms with Gasteiger partial charge in [0.15, 0.2) is 0 Å². The Balaban J connectivity index is 1.68. The number of nitrogens with zero attached hydrogens (tertiary/aromatic N) is 3. The maximum absolute atomic E-state index is 12.7. The van der Waals surface area contributed by atoms with E-state index >= 15 is 0 Å². The normalized spacial score (nSPS) is 18.1. The van der Waals surface area contributed by atoms with Crippen molar-refractivity contribution in [3.05, 3.63) is 47.0 Å². The first-order chi connectivity index (χ1) is 13.1. The Morgan fingerprint density at radius 3 is 3.04 bits per heavy atom. The number of hydrogen-bond acceptors (Lipinski definition) is 4. The van der Waals surface area contributed by atoms with Crippen LogP contribution in [0.3, 0.4) is 0 Å². The van der Waals surface area contributed by atoms with Gasteiger partial charge >= 0.3 is 0 Å². The minimum Gasteiger partial charge on any atom is -0.494 e. The zero-order valence-corrected chi connectivity index (χ0v) is 15.9. The van der Waals surface area contributed by atoms with Crippen molar-refractivity contribution in [2.45, 2.75) is 26.3 Å². The van der Waals surface area contributed by atoms with E-state index in [1.54, 1.807) is 6.20 Å². The molecule has 1 aromatic carbocycles. The smallest absolute Gasteiger partial charge is 0.259 e. The molecule has 1 aliphatic rings. The molecule has 0 amide bonds. The fourth-order valence-electron chi connectivity index (χ4n) is 4.01. The highest BCUT2D eigenvalue weighted by Gasteiger charge is 2.20. The van der Waals surface area contributed by atoms with Gasteiger partial charge in [0.1, 0.15) is 11.6 Å². The number of likely N-dealkylation sites (tertiary alicyclic amines) is 1. The molecule has 1 saturated heterocycles. The highest BCUT2D eigenvalue weighted by molar-refractivity contribution is 5.83. The molecule has 0 bridgehead atoms. The summed E-state index contributed by atoms with van der Waals surface area (Å²) in [7, 11) is 2.17. The second kappa shape index (κ2) is 7.56. The fraction of sp³-hybridized carbons (Fsp3) is 0.429. The molecule has 1 N–H and O–H groups in total. The Hall–Kier alpha value is -2.60. The summed E-state index contributed by atoms with van der Waals surface area (Å²) in [5.74, 6) is 2.12. The average molecular weight is 366 g/mol. The Kier molecular flexibility index (Phi) is 4.99. The average Bonchev–Trinajstić information content (AvgIpc) is 3.09. The molecule has 1 aliphatic heterocycles. The monoisotopic (exact) mass is 366 g/mol. The van der Waals surface area contributed by atoms with Crippen LogP contribution in [-0.2, 0) is 6.54 Å². The minimum absolute atomic E-state index is 0.111. The lowest BCUT2D eigenvalue weighted by Gasteiger charge is -2.30. The lowest BCUT2D eigenvalue weighted by atomic mass is 9.98. The number of rotatable bonds is 5. The van der Waals surface area contributed by atoms with E-state index in [2.05, 4.69) is 26.5 Å². The van der Waals surface area contributed by atoms with Crippen LogP contribution < -0.4 is 10.3 Å². The minimum atomic E-state index is -0.111. The SMILES string of the molecule is CCOc1ccc2[nH]c(=O)c(-c3nccn3CC3CCCN(C)C3)cc2c1. The third-order valence-corrected chi connectivity index (χ3v) is 5.26. The summed E-state index contributed by atoms with van der Waals surface area (Å²) in [6, 6.07) is 7.64. The van der Waals surface area contributed by atoms with Crippen LogP contribution in [0, 0.1) is 5.92 Å². The third-order valence-electron chi connectivity index (χ3n) is 5.26. The highest BCUT2D eigenvalue weighted by atomic mass is 16.5. The van der Waals surface area contributed by atoms with Crippen LogP contribution in [-0.4, -0.2) is 46.2 Å². The highest BCUT2D eigenvalue weighted by Crippen LogP contribution is 2.24. The van der Waals surface area contributed by atoms with Gasteiger partial charge in [0.25, 0.3) is 5.56 Å². The summed E-state index contributed by atoms with van der Waals surface area (Å²) in [5, 5.41) is 0.947. The van der Waals surface area contributed by atoms with E-state index in [1.165, 1.54) is 19.4 Å². The molecule has 1 atom stereocenters. The van der Waals surface area contributed by atoms with Crippen LogP contribution in [0.1, 0.15) is 19.8 Å². The predicted molar refractivity (Wildman–Crippen MR) is 107 cm³/mol. The number of fused-ring (bicyclic) bond motifs is 1. The second-order valence-electron chi connectivity index (χ2n) is 7.37.